The van der Waals surface area contributed by atoms with E-state index in [9.17, 15) is 19.6 Å². The smallest absolute Gasteiger partial charge is 0.251 e. The number of nitrogens with zero attached hydrogens (tertiary/aromatic N) is 2. The third-order valence-electron chi connectivity index (χ3n) is 5.23. The summed E-state index contributed by atoms with van der Waals surface area (Å²) in [6, 6.07) is 16.0. The lowest BCUT2D eigenvalue weighted by molar-refractivity contribution is -0.127. The van der Waals surface area contributed by atoms with Gasteiger partial charge in [-0.25, -0.2) is 10.0 Å². The highest BCUT2D eigenvalue weighted by Gasteiger charge is 2.24. The number of benzene rings is 2. The molecule has 0 fully saturated rings. The Kier molecular flexibility index (Phi) is 7.99. The fourth-order valence-corrected chi connectivity index (χ4v) is 4.70. The number of carbonyl (C=O) groups excluding carboxylic acids is 2. The van der Waals surface area contributed by atoms with Crippen LogP contribution in [0.4, 0.5) is 5.69 Å². The van der Waals surface area contributed by atoms with E-state index in [1.165, 1.54) is 24.5 Å². The minimum atomic E-state index is -1.13. The number of ether oxygens (including phenoxy) is 1. The van der Waals surface area contributed by atoms with Crippen LogP contribution in [0, 0.1) is 11.3 Å². The molecule has 9 heteroatoms. The number of hydrogen-bond acceptors (Lipinski definition) is 5. The predicted octanol–water partition coefficient (Wildman–Crippen LogP) is 3.28. The number of nitrogens with one attached hydrogen (secondary N) is 2. The van der Waals surface area contributed by atoms with Crippen LogP contribution in [0.1, 0.15) is 17.2 Å². The molecule has 3 rings (SSSR count). The molecule has 2 amide bonds. The molecule has 2 aromatic carbocycles. The zero-order chi connectivity index (χ0) is 25.6. The highest BCUT2D eigenvalue weighted by molar-refractivity contribution is 8.32. The summed E-state index contributed by atoms with van der Waals surface area (Å²) in [6.07, 6.45) is 9.30. The van der Waals surface area contributed by atoms with Crippen molar-refractivity contribution in [3.8, 4) is 11.8 Å². The van der Waals surface area contributed by atoms with E-state index in [-0.39, 0.29) is 12.0 Å². The van der Waals surface area contributed by atoms with Crippen molar-refractivity contribution in [2.45, 2.75) is 17.5 Å². The zero-order valence-corrected chi connectivity index (χ0v) is 20.9. The molecule has 1 aromatic heterocycles. The number of rotatable bonds is 8. The van der Waals surface area contributed by atoms with Crippen molar-refractivity contribution in [2.75, 3.05) is 31.2 Å². The molecule has 0 aliphatic rings. The first-order valence-electron chi connectivity index (χ1n) is 10.7. The van der Waals surface area contributed by atoms with Crippen molar-refractivity contribution in [3.63, 3.8) is 0 Å². The summed E-state index contributed by atoms with van der Waals surface area (Å²) in [5.41, 5.74) is 1.38. The molecule has 0 aliphatic heterocycles. The first kappa shape index (κ1) is 25.6. The standard InChI is InChI=1S/C26H28N4O4S/c1-34-22-8-5-18(6-9-22)25(29-24(32)17-30-13-11-21(31)12-14-30)26(33)28-20-7-10-23(35(2,3)4)19(15-20)16-27/h5-15,25H,17H2,1-4H3,(H,28,33)(H,29,32). The third-order valence-corrected chi connectivity index (χ3v) is 6.91. The van der Waals surface area contributed by atoms with Crippen LogP contribution in [0.25, 0.3) is 0 Å². The highest BCUT2D eigenvalue weighted by Crippen LogP contribution is 2.47. The minimum absolute atomic E-state index is 0.0676. The van der Waals surface area contributed by atoms with Crippen molar-refractivity contribution < 1.29 is 14.3 Å². The van der Waals surface area contributed by atoms with Crippen LogP contribution in [0.15, 0.2) is 76.7 Å². The lowest BCUT2D eigenvalue weighted by Crippen LogP contribution is -2.38. The molecular weight excluding hydrogens is 464 g/mol. The van der Waals surface area contributed by atoms with Gasteiger partial charge in [0.25, 0.3) is 5.91 Å². The molecule has 0 radical (unpaired) electrons. The average molecular weight is 493 g/mol. The second kappa shape index (κ2) is 10.9. The summed E-state index contributed by atoms with van der Waals surface area (Å²) in [4.78, 5) is 38.3. The summed E-state index contributed by atoms with van der Waals surface area (Å²) < 4.78 is 6.74. The molecule has 0 bridgehead atoms. The van der Waals surface area contributed by atoms with Gasteiger partial charge in [0.05, 0.1) is 12.7 Å². The fraction of sp³-hybridized carbons (Fsp3) is 0.231. The number of anilines is 1. The lowest BCUT2D eigenvalue weighted by atomic mass is 10.1. The number of methoxy groups -OCH3 is 1. The SMILES string of the molecule is COc1ccc(C(NC(=O)Cn2ccc(=O)cc2)C(=O)Nc2ccc(S(C)(C)C)c(C#N)c2)cc1. The minimum Gasteiger partial charge on any atom is -0.497 e. The van der Waals surface area contributed by atoms with Gasteiger partial charge in [-0.05, 0) is 54.7 Å². The van der Waals surface area contributed by atoms with Gasteiger partial charge in [0.1, 0.15) is 24.4 Å². The van der Waals surface area contributed by atoms with Crippen molar-refractivity contribution in [2.24, 2.45) is 0 Å². The molecule has 0 saturated heterocycles. The Labute approximate surface area is 205 Å². The highest BCUT2D eigenvalue weighted by atomic mass is 32.3. The third kappa shape index (κ3) is 6.74. The Balaban J connectivity index is 1.85. The van der Waals surface area contributed by atoms with Crippen molar-refractivity contribution in [1.82, 2.24) is 9.88 Å². The zero-order valence-electron chi connectivity index (χ0n) is 20.1. The molecule has 0 spiro atoms. The Morgan fingerprint density at radius 1 is 1.06 bits per heavy atom. The number of carbonyl (C=O) groups is 2. The van der Waals surface area contributed by atoms with Gasteiger partial charge >= 0.3 is 0 Å². The molecule has 3 aromatic rings. The molecule has 8 nitrogen and oxygen atoms in total. The Hall–Kier alpha value is -4.03. The summed E-state index contributed by atoms with van der Waals surface area (Å²) >= 11 is 0. The predicted molar refractivity (Wildman–Crippen MR) is 138 cm³/mol. The normalized spacial score (nSPS) is 12.2. The largest absolute Gasteiger partial charge is 0.497 e. The van der Waals surface area contributed by atoms with Gasteiger partial charge in [-0.15, -0.1) is 0 Å². The van der Waals surface area contributed by atoms with Gasteiger partial charge in [0.15, 0.2) is 5.43 Å². The van der Waals surface area contributed by atoms with E-state index in [0.717, 1.165) is 4.90 Å². The van der Waals surface area contributed by atoms with E-state index < -0.39 is 27.9 Å². The second-order valence-electron chi connectivity index (χ2n) is 8.63. The summed E-state index contributed by atoms with van der Waals surface area (Å²) in [5, 5.41) is 15.2. The Bertz CT molecular complexity index is 1300. The van der Waals surface area contributed by atoms with Crippen LogP contribution in [0.3, 0.4) is 0 Å². The maximum atomic E-state index is 13.3. The van der Waals surface area contributed by atoms with Gasteiger partial charge < -0.3 is 19.9 Å². The Morgan fingerprint density at radius 3 is 2.29 bits per heavy atom. The van der Waals surface area contributed by atoms with Gasteiger partial charge in [-0.2, -0.15) is 5.26 Å². The second-order valence-corrected chi connectivity index (χ2v) is 12.7. The van der Waals surface area contributed by atoms with E-state index in [0.29, 0.717) is 22.6 Å². The first-order valence-corrected chi connectivity index (χ1v) is 13.6. The van der Waals surface area contributed by atoms with E-state index in [2.05, 4.69) is 35.5 Å². The van der Waals surface area contributed by atoms with E-state index in [4.69, 9.17) is 4.74 Å². The van der Waals surface area contributed by atoms with Crippen LogP contribution in [-0.2, 0) is 16.1 Å². The summed E-state index contributed by atoms with van der Waals surface area (Å²) in [5.74, 6) is -0.247. The quantitative estimate of drug-likeness (QED) is 0.501. The molecular formula is C26H28N4O4S. The van der Waals surface area contributed by atoms with E-state index in [1.807, 2.05) is 6.07 Å². The fourth-order valence-electron chi connectivity index (χ4n) is 3.46. The van der Waals surface area contributed by atoms with Crippen LogP contribution in [-0.4, -0.2) is 42.3 Å². The van der Waals surface area contributed by atoms with E-state index >= 15 is 0 Å². The van der Waals surface area contributed by atoms with Crippen LogP contribution < -0.4 is 20.8 Å². The Morgan fingerprint density at radius 2 is 1.71 bits per heavy atom. The first-order chi connectivity index (χ1) is 16.6. The molecule has 0 saturated carbocycles. The molecule has 0 aliphatic carbocycles. The number of nitriles is 1. The molecule has 1 atom stereocenters. The van der Waals surface area contributed by atoms with Gasteiger partial charge in [-0.3, -0.25) is 14.4 Å². The maximum Gasteiger partial charge on any atom is 0.251 e. The van der Waals surface area contributed by atoms with Crippen molar-refractivity contribution in [1.29, 1.82) is 5.26 Å². The summed E-state index contributed by atoms with van der Waals surface area (Å²) in [7, 11) is 0.412. The molecule has 2 N–H and O–H groups in total. The van der Waals surface area contributed by atoms with Crippen LogP contribution >= 0.6 is 10.0 Å². The van der Waals surface area contributed by atoms with Crippen LogP contribution in [0.2, 0.25) is 0 Å². The number of pyridine rings is 1. The number of aromatic nitrogens is 1. The van der Waals surface area contributed by atoms with Gasteiger partial charge in [0, 0.05) is 35.1 Å². The van der Waals surface area contributed by atoms with E-state index in [1.54, 1.807) is 48.1 Å². The molecule has 182 valence electrons. The van der Waals surface area contributed by atoms with Crippen LogP contribution in [0.5, 0.6) is 5.75 Å². The average Bonchev–Trinajstić information content (AvgIpc) is 2.83. The molecule has 1 heterocycles. The van der Waals surface area contributed by atoms with Crippen molar-refractivity contribution in [3.05, 3.63) is 88.3 Å². The van der Waals surface area contributed by atoms with Gasteiger partial charge in [0.2, 0.25) is 5.91 Å². The lowest BCUT2D eigenvalue weighted by Gasteiger charge is -2.27. The van der Waals surface area contributed by atoms with Gasteiger partial charge in [-0.1, -0.05) is 12.1 Å². The topological polar surface area (TPSA) is 113 Å². The molecule has 1 unspecified atom stereocenters. The number of hydrogen-bond donors (Lipinski definition) is 2. The number of amides is 2. The molecule has 35 heavy (non-hydrogen) atoms. The van der Waals surface area contributed by atoms with Crippen molar-refractivity contribution >= 4 is 27.5 Å². The monoisotopic (exact) mass is 492 g/mol. The summed E-state index contributed by atoms with van der Waals surface area (Å²) in [6.45, 7) is -0.0676. The maximum absolute atomic E-state index is 13.3.